The molecule has 42 heavy (non-hydrogen) atoms. The van der Waals surface area contributed by atoms with Crippen molar-refractivity contribution in [2.45, 2.75) is 38.8 Å². The Balaban J connectivity index is 1.37. The van der Waals surface area contributed by atoms with Crippen LogP contribution in [0.1, 0.15) is 27.2 Å². The second-order valence-electron chi connectivity index (χ2n) is 12.1. The Bertz CT molecular complexity index is 1870. The van der Waals surface area contributed by atoms with Crippen molar-refractivity contribution in [2.75, 3.05) is 29.9 Å². The molecule has 0 radical (unpaired) electrons. The second kappa shape index (κ2) is 9.48. The molecule has 2 fully saturated rings. The van der Waals surface area contributed by atoms with Gasteiger partial charge >= 0.3 is 12.1 Å². The van der Waals surface area contributed by atoms with E-state index in [4.69, 9.17) is 25.2 Å². The number of H-pyrrole nitrogens is 1. The minimum absolute atomic E-state index is 0.128. The standard InChI is InChI=1S/C30H31FN8O3/c1-30(2,3)42-29(40)38(4)23-9-17(31)8-19-24-26(35-25(19)23)36-28(37-27(24)39-12-16-7-21(32)20(16)13-39)41-18-6-5-15-11-33-14-34-22(15)10-18/h5-6,8-11,14,16,20-21H,7,12-13,32H2,1-4H3,(H,35,36,37)/t16-,20+,21-/m1/s1. The van der Waals surface area contributed by atoms with E-state index in [1.165, 1.54) is 23.4 Å². The fraction of sp³-hybridized carbons (Fsp3) is 0.367. The molecule has 3 aromatic heterocycles. The third kappa shape index (κ3) is 4.51. The van der Waals surface area contributed by atoms with Gasteiger partial charge in [0.1, 0.15) is 35.0 Å². The number of nitrogens with two attached hydrogens (primary N) is 1. The van der Waals surface area contributed by atoms with Crippen molar-refractivity contribution in [3.05, 3.63) is 48.7 Å². The number of ether oxygens (including phenoxy) is 2. The summed E-state index contributed by atoms with van der Waals surface area (Å²) in [7, 11) is 1.55. The van der Waals surface area contributed by atoms with Gasteiger partial charge in [-0.2, -0.15) is 9.97 Å². The summed E-state index contributed by atoms with van der Waals surface area (Å²) in [6.45, 7) is 6.86. The van der Waals surface area contributed by atoms with Crippen LogP contribution in [-0.4, -0.2) is 62.8 Å². The molecule has 1 aliphatic heterocycles. The molecule has 4 heterocycles. The number of hydrogen-bond donors (Lipinski definition) is 2. The van der Waals surface area contributed by atoms with E-state index in [9.17, 15) is 4.79 Å². The minimum atomic E-state index is -0.714. The number of aromatic amines is 1. The number of nitrogens with one attached hydrogen (secondary N) is 1. The van der Waals surface area contributed by atoms with E-state index in [2.05, 4.69) is 19.9 Å². The van der Waals surface area contributed by atoms with E-state index in [-0.39, 0.29) is 12.1 Å². The zero-order valence-electron chi connectivity index (χ0n) is 23.8. The Morgan fingerprint density at radius 1 is 1.19 bits per heavy atom. The lowest BCUT2D eigenvalue weighted by atomic mass is 9.72. The Morgan fingerprint density at radius 2 is 2.02 bits per heavy atom. The molecule has 0 bridgehead atoms. The van der Waals surface area contributed by atoms with E-state index >= 15 is 4.39 Å². The SMILES string of the molecule is CN(C(=O)OC(C)(C)C)c1cc(F)cc2c1[nH]c1nc(Oc3ccc4cncnc4c3)nc(N3C[C@H]4C[C@@H](N)[C@H]4C3)c12. The molecule has 5 aromatic rings. The fourth-order valence-corrected chi connectivity index (χ4v) is 6.03. The van der Waals surface area contributed by atoms with Crippen molar-refractivity contribution in [1.29, 1.82) is 0 Å². The van der Waals surface area contributed by atoms with Crippen molar-refractivity contribution >= 4 is 50.4 Å². The fourth-order valence-electron chi connectivity index (χ4n) is 6.03. The number of carbonyl (C=O) groups is 1. The third-order valence-electron chi connectivity index (χ3n) is 8.10. The van der Waals surface area contributed by atoms with Gasteiger partial charge in [-0.15, -0.1) is 0 Å². The first-order chi connectivity index (χ1) is 20.0. The molecule has 2 aromatic carbocycles. The molecule has 3 N–H and O–H groups in total. The van der Waals surface area contributed by atoms with E-state index in [0.717, 1.165) is 30.4 Å². The van der Waals surface area contributed by atoms with Gasteiger partial charge in [0.05, 0.1) is 22.1 Å². The first-order valence-corrected chi connectivity index (χ1v) is 13.9. The van der Waals surface area contributed by atoms with E-state index in [1.54, 1.807) is 40.1 Å². The molecular formula is C30H31FN8O3. The monoisotopic (exact) mass is 570 g/mol. The van der Waals surface area contributed by atoms with Gasteiger partial charge in [-0.05, 0) is 63.3 Å². The second-order valence-corrected chi connectivity index (χ2v) is 12.1. The highest BCUT2D eigenvalue weighted by molar-refractivity contribution is 6.16. The van der Waals surface area contributed by atoms with Gasteiger partial charge in [0.2, 0.25) is 0 Å². The lowest BCUT2D eigenvalue weighted by Gasteiger charge is -2.36. The topological polar surface area (TPSA) is 135 Å². The molecule has 3 atom stereocenters. The highest BCUT2D eigenvalue weighted by Crippen LogP contribution is 2.45. The summed E-state index contributed by atoms with van der Waals surface area (Å²) < 4.78 is 26.9. The maximum Gasteiger partial charge on any atom is 0.414 e. The number of benzene rings is 2. The van der Waals surface area contributed by atoms with Crippen LogP contribution >= 0.6 is 0 Å². The lowest BCUT2D eigenvalue weighted by Crippen LogP contribution is -2.46. The zero-order valence-corrected chi connectivity index (χ0v) is 23.8. The number of nitrogens with zero attached hydrogens (tertiary/aromatic N) is 6. The number of carbonyl (C=O) groups excluding carboxylic acids is 1. The predicted molar refractivity (Wildman–Crippen MR) is 157 cm³/mol. The van der Waals surface area contributed by atoms with E-state index < -0.39 is 17.5 Å². The number of halogens is 1. The predicted octanol–water partition coefficient (Wildman–Crippen LogP) is 5.14. The van der Waals surface area contributed by atoms with Crippen LogP contribution in [0.5, 0.6) is 11.8 Å². The average Bonchev–Trinajstić information content (AvgIpc) is 3.48. The van der Waals surface area contributed by atoms with Gasteiger partial charge < -0.3 is 25.1 Å². The van der Waals surface area contributed by atoms with Gasteiger partial charge in [-0.1, -0.05) is 0 Å². The highest BCUT2D eigenvalue weighted by Gasteiger charge is 2.46. The van der Waals surface area contributed by atoms with E-state index in [1.807, 2.05) is 12.1 Å². The van der Waals surface area contributed by atoms with Crippen LogP contribution in [-0.2, 0) is 4.74 Å². The Hall–Kier alpha value is -4.58. The van der Waals surface area contributed by atoms with Crippen LogP contribution in [0.3, 0.4) is 0 Å². The van der Waals surface area contributed by atoms with Gasteiger partial charge in [0.25, 0.3) is 0 Å². The van der Waals surface area contributed by atoms with Crippen LogP contribution in [0.15, 0.2) is 42.9 Å². The van der Waals surface area contributed by atoms with Crippen molar-refractivity contribution in [3.63, 3.8) is 0 Å². The third-order valence-corrected chi connectivity index (χ3v) is 8.10. The maximum atomic E-state index is 15.2. The van der Waals surface area contributed by atoms with Gasteiger partial charge in [0.15, 0.2) is 0 Å². The van der Waals surface area contributed by atoms with Crippen molar-refractivity contribution in [3.8, 4) is 11.8 Å². The van der Waals surface area contributed by atoms with Gasteiger partial charge in [-0.25, -0.2) is 19.2 Å². The summed E-state index contributed by atoms with van der Waals surface area (Å²) in [5.74, 6) is 1.49. The van der Waals surface area contributed by atoms with Crippen molar-refractivity contribution in [2.24, 2.45) is 17.6 Å². The smallest absolute Gasteiger partial charge is 0.414 e. The minimum Gasteiger partial charge on any atom is -0.443 e. The molecule has 2 aliphatic rings. The molecule has 11 nitrogen and oxygen atoms in total. The summed E-state index contributed by atoms with van der Waals surface area (Å²) in [4.78, 5) is 37.7. The largest absolute Gasteiger partial charge is 0.443 e. The summed E-state index contributed by atoms with van der Waals surface area (Å²) >= 11 is 0. The average molecular weight is 571 g/mol. The Labute approximate surface area is 240 Å². The zero-order chi connectivity index (χ0) is 29.3. The number of anilines is 2. The summed E-state index contributed by atoms with van der Waals surface area (Å²) in [5, 5.41) is 2.09. The number of aromatic nitrogens is 5. The molecule has 0 unspecified atom stereocenters. The quantitative estimate of drug-likeness (QED) is 0.301. The lowest BCUT2D eigenvalue weighted by molar-refractivity contribution is 0.0589. The van der Waals surface area contributed by atoms with Crippen LogP contribution in [0.25, 0.3) is 32.8 Å². The first kappa shape index (κ1) is 26.3. The Kier molecular flexibility index (Phi) is 5.94. The Morgan fingerprint density at radius 3 is 2.79 bits per heavy atom. The van der Waals surface area contributed by atoms with Crippen LogP contribution < -0.4 is 20.3 Å². The normalized spacial score (nSPS) is 20.1. The van der Waals surface area contributed by atoms with Crippen molar-refractivity contribution < 1.29 is 18.7 Å². The van der Waals surface area contributed by atoms with E-state index in [0.29, 0.717) is 51.0 Å². The van der Waals surface area contributed by atoms with Crippen LogP contribution in [0.4, 0.5) is 20.7 Å². The summed E-state index contributed by atoms with van der Waals surface area (Å²) in [5.41, 5.74) is 7.64. The number of rotatable bonds is 4. The molecular weight excluding hydrogens is 539 g/mol. The first-order valence-electron chi connectivity index (χ1n) is 13.9. The molecule has 1 amide bonds. The van der Waals surface area contributed by atoms with Crippen molar-refractivity contribution in [1.82, 2.24) is 24.9 Å². The molecule has 1 saturated carbocycles. The van der Waals surface area contributed by atoms with Gasteiger partial charge in [-0.3, -0.25) is 4.90 Å². The number of amides is 1. The highest BCUT2D eigenvalue weighted by atomic mass is 19.1. The summed E-state index contributed by atoms with van der Waals surface area (Å²) in [6.07, 6.45) is 3.57. The molecule has 216 valence electrons. The molecule has 7 rings (SSSR count). The number of hydrogen-bond acceptors (Lipinski definition) is 9. The van der Waals surface area contributed by atoms with Crippen LogP contribution in [0, 0.1) is 17.7 Å². The maximum absolute atomic E-state index is 15.2. The molecule has 1 aliphatic carbocycles. The summed E-state index contributed by atoms with van der Waals surface area (Å²) in [6, 6.07) is 8.50. The molecule has 0 spiro atoms. The molecule has 12 heteroatoms. The molecule has 1 saturated heterocycles. The van der Waals surface area contributed by atoms with Gasteiger partial charge in [0, 0.05) is 49.2 Å². The van der Waals surface area contributed by atoms with Crippen LogP contribution in [0.2, 0.25) is 0 Å². The number of fused-ring (bicyclic) bond motifs is 5.